The van der Waals surface area contributed by atoms with Crippen molar-refractivity contribution >= 4 is 21.8 Å². The van der Waals surface area contributed by atoms with Crippen molar-refractivity contribution in [3.63, 3.8) is 0 Å². The van der Waals surface area contributed by atoms with Crippen LogP contribution < -0.4 is 14.8 Å². The number of rotatable bonds is 10. The van der Waals surface area contributed by atoms with E-state index in [1.54, 1.807) is 0 Å². The highest BCUT2D eigenvalue weighted by Gasteiger charge is 2.07. The van der Waals surface area contributed by atoms with Gasteiger partial charge in [-0.15, -0.1) is 0 Å². The van der Waals surface area contributed by atoms with Crippen molar-refractivity contribution in [2.75, 3.05) is 19.8 Å². The number of nitrogens with one attached hydrogen (secondary N) is 1. The Labute approximate surface area is 170 Å². The molecule has 4 nitrogen and oxygen atoms in total. The van der Waals surface area contributed by atoms with Gasteiger partial charge in [-0.1, -0.05) is 41.1 Å². The fourth-order valence-corrected chi connectivity index (χ4v) is 2.99. The predicted molar refractivity (Wildman–Crippen MR) is 113 cm³/mol. The molecule has 27 heavy (non-hydrogen) atoms. The number of halogens is 1. The number of ether oxygens (including phenoxy) is 2. The first kappa shape index (κ1) is 21.3. The Morgan fingerprint density at radius 3 is 2.52 bits per heavy atom. The number of para-hydroxylation sites is 1. The summed E-state index contributed by atoms with van der Waals surface area (Å²) in [5.41, 5.74) is 3.36. The first-order valence-electron chi connectivity index (χ1n) is 9.38. The third-order valence-electron chi connectivity index (χ3n) is 4.16. The number of hydrogen-bond donors (Lipinski definition) is 1. The second kappa shape index (κ2) is 11.0. The van der Waals surface area contributed by atoms with Crippen LogP contribution in [0.1, 0.15) is 36.5 Å². The molecule has 5 heteroatoms. The van der Waals surface area contributed by atoms with E-state index in [4.69, 9.17) is 9.47 Å². The molecule has 0 aliphatic carbocycles. The maximum absolute atomic E-state index is 12.0. The van der Waals surface area contributed by atoms with E-state index < -0.39 is 0 Å². The van der Waals surface area contributed by atoms with E-state index in [0.29, 0.717) is 12.3 Å². The molecule has 0 heterocycles. The molecule has 1 N–H and O–H groups in total. The van der Waals surface area contributed by atoms with Crippen molar-refractivity contribution < 1.29 is 14.3 Å². The van der Waals surface area contributed by atoms with Gasteiger partial charge >= 0.3 is 0 Å². The van der Waals surface area contributed by atoms with E-state index in [-0.39, 0.29) is 12.5 Å². The molecule has 0 saturated carbocycles. The zero-order chi connectivity index (χ0) is 19.6. The minimum absolute atomic E-state index is 0.0245. The van der Waals surface area contributed by atoms with Crippen LogP contribution in [-0.4, -0.2) is 25.7 Å². The van der Waals surface area contributed by atoms with Gasteiger partial charge in [0.15, 0.2) is 6.61 Å². The Bertz CT molecular complexity index is 738. The van der Waals surface area contributed by atoms with Gasteiger partial charge in [0, 0.05) is 11.0 Å². The van der Waals surface area contributed by atoms with E-state index in [9.17, 15) is 4.79 Å². The highest BCUT2D eigenvalue weighted by Crippen LogP contribution is 2.26. The molecule has 0 aromatic heterocycles. The summed E-state index contributed by atoms with van der Waals surface area (Å²) in [6.45, 7) is 7.47. The second-order valence-electron chi connectivity index (χ2n) is 6.57. The lowest BCUT2D eigenvalue weighted by Crippen LogP contribution is -2.30. The maximum Gasteiger partial charge on any atom is 0.257 e. The van der Waals surface area contributed by atoms with E-state index in [1.807, 2.05) is 44.2 Å². The third-order valence-corrected chi connectivity index (χ3v) is 5.41. The van der Waals surface area contributed by atoms with Crippen LogP contribution in [0.2, 0.25) is 0 Å². The van der Waals surface area contributed by atoms with Crippen LogP contribution in [0, 0.1) is 13.8 Å². The Morgan fingerprint density at radius 2 is 1.81 bits per heavy atom. The Hall–Kier alpha value is -2.01. The van der Waals surface area contributed by atoms with Gasteiger partial charge < -0.3 is 14.8 Å². The molecule has 146 valence electrons. The molecule has 0 unspecified atom stereocenters. The van der Waals surface area contributed by atoms with E-state index in [0.717, 1.165) is 47.2 Å². The summed E-state index contributed by atoms with van der Waals surface area (Å²) in [4.78, 5) is 12.0. The monoisotopic (exact) mass is 433 g/mol. The number of hydrogen-bond acceptors (Lipinski definition) is 3. The highest BCUT2D eigenvalue weighted by atomic mass is 79.9. The van der Waals surface area contributed by atoms with Gasteiger partial charge in [0.25, 0.3) is 5.91 Å². The van der Waals surface area contributed by atoms with Crippen molar-refractivity contribution in [2.45, 2.75) is 40.0 Å². The molecule has 1 amide bonds. The summed E-state index contributed by atoms with van der Waals surface area (Å²) in [7, 11) is 0. The van der Waals surface area contributed by atoms with Crippen LogP contribution in [0.3, 0.4) is 0 Å². The molecule has 0 atom stereocenters. The van der Waals surface area contributed by atoms with Gasteiger partial charge in [-0.3, -0.25) is 4.79 Å². The van der Waals surface area contributed by atoms with Crippen molar-refractivity contribution in [2.24, 2.45) is 0 Å². The lowest BCUT2D eigenvalue weighted by Gasteiger charge is -2.12. The number of carbonyl (C=O) groups is 1. The summed E-state index contributed by atoms with van der Waals surface area (Å²) in [6.07, 6.45) is 2.71. The standard InChI is InChI=1S/C22H28BrNO3/c1-4-12-26-20-10-6-5-8-18(20)9-7-11-24-21(25)15-27-19-13-16(2)22(23)17(3)14-19/h5-6,8,10,13-14H,4,7,9,11-12,15H2,1-3H3,(H,24,25). The minimum atomic E-state index is -0.108. The summed E-state index contributed by atoms with van der Waals surface area (Å²) >= 11 is 3.53. The first-order valence-corrected chi connectivity index (χ1v) is 10.2. The molecule has 0 spiro atoms. The molecule has 0 bridgehead atoms. The lowest BCUT2D eigenvalue weighted by molar-refractivity contribution is -0.123. The Balaban J connectivity index is 1.72. The zero-order valence-corrected chi connectivity index (χ0v) is 17.9. The molecule has 0 radical (unpaired) electrons. The molecule has 2 rings (SSSR count). The van der Waals surface area contributed by atoms with Crippen LogP contribution in [-0.2, 0) is 11.2 Å². The largest absolute Gasteiger partial charge is 0.493 e. The van der Waals surface area contributed by atoms with E-state index in [2.05, 4.69) is 34.2 Å². The molecular formula is C22H28BrNO3. The van der Waals surface area contributed by atoms with Crippen LogP contribution >= 0.6 is 15.9 Å². The first-order chi connectivity index (χ1) is 13.0. The Morgan fingerprint density at radius 1 is 1.11 bits per heavy atom. The van der Waals surface area contributed by atoms with Gasteiger partial charge in [0.1, 0.15) is 11.5 Å². The Kier molecular flexibility index (Phi) is 8.65. The summed E-state index contributed by atoms with van der Waals surface area (Å²) in [6, 6.07) is 11.9. The maximum atomic E-state index is 12.0. The molecule has 2 aromatic rings. The van der Waals surface area contributed by atoms with Crippen LogP contribution in [0.5, 0.6) is 11.5 Å². The summed E-state index contributed by atoms with van der Waals surface area (Å²) < 4.78 is 12.5. The fourth-order valence-electron chi connectivity index (χ4n) is 2.76. The lowest BCUT2D eigenvalue weighted by atomic mass is 10.1. The van der Waals surface area contributed by atoms with Crippen LogP contribution in [0.4, 0.5) is 0 Å². The van der Waals surface area contributed by atoms with Gasteiger partial charge in [-0.25, -0.2) is 0 Å². The van der Waals surface area contributed by atoms with Gasteiger partial charge in [-0.05, 0) is 68.0 Å². The molecular weight excluding hydrogens is 406 g/mol. The molecule has 0 saturated heterocycles. The summed E-state index contributed by atoms with van der Waals surface area (Å²) in [5, 5.41) is 2.91. The van der Waals surface area contributed by atoms with E-state index >= 15 is 0 Å². The van der Waals surface area contributed by atoms with Gasteiger partial charge in [0.05, 0.1) is 6.61 Å². The van der Waals surface area contributed by atoms with Gasteiger partial charge in [-0.2, -0.15) is 0 Å². The SMILES string of the molecule is CCCOc1ccccc1CCCNC(=O)COc1cc(C)c(Br)c(C)c1. The number of carbonyl (C=O) groups excluding carboxylic acids is 1. The predicted octanol–water partition coefficient (Wildman–Crippen LogP) is 4.98. The number of aryl methyl sites for hydroxylation is 3. The van der Waals surface area contributed by atoms with Crippen molar-refractivity contribution in [3.05, 3.63) is 57.6 Å². The topological polar surface area (TPSA) is 47.6 Å². The molecule has 0 fully saturated rings. The van der Waals surface area contributed by atoms with Crippen LogP contribution in [0.15, 0.2) is 40.9 Å². The third kappa shape index (κ3) is 6.90. The summed E-state index contributed by atoms with van der Waals surface area (Å²) in [5.74, 6) is 1.55. The minimum Gasteiger partial charge on any atom is -0.493 e. The quantitative estimate of drug-likeness (QED) is 0.537. The average molecular weight is 434 g/mol. The number of benzene rings is 2. The van der Waals surface area contributed by atoms with Crippen molar-refractivity contribution in [1.82, 2.24) is 5.32 Å². The van der Waals surface area contributed by atoms with Crippen molar-refractivity contribution in [1.29, 1.82) is 0 Å². The smallest absolute Gasteiger partial charge is 0.257 e. The molecule has 2 aromatic carbocycles. The van der Waals surface area contributed by atoms with Crippen molar-refractivity contribution in [3.8, 4) is 11.5 Å². The highest BCUT2D eigenvalue weighted by molar-refractivity contribution is 9.10. The average Bonchev–Trinajstić information content (AvgIpc) is 2.66. The molecule has 0 aliphatic heterocycles. The normalized spacial score (nSPS) is 10.5. The number of amides is 1. The molecule has 0 aliphatic rings. The second-order valence-corrected chi connectivity index (χ2v) is 7.36. The van der Waals surface area contributed by atoms with Crippen LogP contribution in [0.25, 0.3) is 0 Å². The fraction of sp³-hybridized carbons (Fsp3) is 0.409. The van der Waals surface area contributed by atoms with Gasteiger partial charge in [0.2, 0.25) is 0 Å². The van der Waals surface area contributed by atoms with E-state index in [1.165, 1.54) is 5.56 Å². The zero-order valence-electron chi connectivity index (χ0n) is 16.3.